The van der Waals surface area contributed by atoms with Gasteiger partial charge in [0.15, 0.2) is 6.10 Å². The third-order valence-corrected chi connectivity index (χ3v) is 4.76. The van der Waals surface area contributed by atoms with Crippen LogP contribution in [0.3, 0.4) is 0 Å². The van der Waals surface area contributed by atoms with Gasteiger partial charge in [-0.05, 0) is 23.8 Å². The maximum Gasteiger partial charge on any atom is 0.418 e. The predicted molar refractivity (Wildman–Crippen MR) is 83.0 cm³/mol. The molecule has 6 nitrogen and oxygen atoms in total. The lowest BCUT2D eigenvalue weighted by atomic mass is 10.0. The fraction of sp³-hybridized carbons (Fsp3) is 0.267. The lowest BCUT2D eigenvalue weighted by Crippen LogP contribution is -2.26. The summed E-state index contributed by atoms with van der Waals surface area (Å²) in [5.74, 6) is 0. The van der Waals surface area contributed by atoms with Crippen LogP contribution in [0.4, 0.5) is 13.2 Å². The molecule has 2 aromatic rings. The highest BCUT2D eigenvalue weighted by Crippen LogP contribution is 2.33. The number of benzene rings is 1. The minimum atomic E-state index is -4.81. The second-order valence-corrected chi connectivity index (χ2v) is 6.86. The molecular weight excluding hydrogens is 361 g/mol. The molecule has 0 saturated heterocycles. The number of rotatable bonds is 6. The van der Waals surface area contributed by atoms with Crippen molar-refractivity contribution in [1.82, 2.24) is 9.71 Å². The second-order valence-electron chi connectivity index (χ2n) is 5.10. The van der Waals surface area contributed by atoms with Crippen LogP contribution in [0.1, 0.15) is 11.7 Å². The van der Waals surface area contributed by atoms with Crippen molar-refractivity contribution < 1.29 is 31.8 Å². The van der Waals surface area contributed by atoms with Gasteiger partial charge in [0.25, 0.3) is 0 Å². The van der Waals surface area contributed by atoms with E-state index >= 15 is 0 Å². The van der Waals surface area contributed by atoms with Gasteiger partial charge in [0, 0.05) is 30.1 Å². The molecule has 1 aromatic carbocycles. The molecule has 0 amide bonds. The number of sulfonamides is 1. The fourth-order valence-electron chi connectivity index (χ4n) is 2.04. The van der Waals surface area contributed by atoms with Gasteiger partial charge in [0.05, 0.1) is 11.5 Å². The lowest BCUT2D eigenvalue weighted by molar-refractivity contribution is -0.206. The first kappa shape index (κ1) is 19.3. The normalized spacial score (nSPS) is 13.6. The van der Waals surface area contributed by atoms with Crippen LogP contribution in [0.5, 0.6) is 0 Å². The Bertz CT molecular complexity index is 823. The van der Waals surface area contributed by atoms with E-state index in [1.807, 2.05) is 0 Å². The van der Waals surface area contributed by atoms with Crippen LogP contribution in [0.25, 0.3) is 11.1 Å². The number of aliphatic hydroxyl groups is 2. The van der Waals surface area contributed by atoms with E-state index in [1.54, 1.807) is 0 Å². The first-order valence-corrected chi connectivity index (χ1v) is 8.54. The van der Waals surface area contributed by atoms with Gasteiger partial charge >= 0.3 is 6.18 Å². The fourth-order valence-corrected chi connectivity index (χ4v) is 3.07. The molecule has 0 radical (unpaired) electrons. The van der Waals surface area contributed by atoms with E-state index in [1.165, 1.54) is 30.5 Å². The number of halogens is 3. The molecule has 0 bridgehead atoms. The summed E-state index contributed by atoms with van der Waals surface area (Å²) < 4.78 is 63.7. The molecule has 25 heavy (non-hydrogen) atoms. The quantitative estimate of drug-likeness (QED) is 0.711. The van der Waals surface area contributed by atoms with Crippen molar-refractivity contribution in [3.8, 4) is 11.1 Å². The van der Waals surface area contributed by atoms with Crippen molar-refractivity contribution in [3.63, 3.8) is 0 Å². The van der Waals surface area contributed by atoms with E-state index in [2.05, 4.69) is 9.71 Å². The summed E-state index contributed by atoms with van der Waals surface area (Å²) in [6, 6.07) is 6.52. The summed E-state index contributed by atoms with van der Waals surface area (Å²) in [6.07, 6.45) is -5.24. The van der Waals surface area contributed by atoms with Gasteiger partial charge in [-0.15, -0.1) is 0 Å². The van der Waals surface area contributed by atoms with Crippen LogP contribution in [0.2, 0.25) is 0 Å². The van der Waals surface area contributed by atoms with Crippen molar-refractivity contribution in [2.45, 2.75) is 17.2 Å². The van der Waals surface area contributed by atoms with Crippen LogP contribution >= 0.6 is 0 Å². The standard InChI is InChI=1S/C15H15F3N2O4S/c16-15(17,18)14(22)12-7-11(8-19-9-12)10-1-3-13(4-2-10)25(23,24)20-5-6-21/h1-4,7-9,14,20-22H,5-6H2. The Hall–Kier alpha value is -2.01. The van der Waals surface area contributed by atoms with Crippen LogP contribution in [0.15, 0.2) is 47.6 Å². The first-order chi connectivity index (χ1) is 11.6. The van der Waals surface area contributed by atoms with Gasteiger partial charge in [0.2, 0.25) is 10.0 Å². The molecule has 0 spiro atoms. The third kappa shape index (κ3) is 4.75. The Morgan fingerprint density at radius 1 is 1.12 bits per heavy atom. The van der Waals surface area contributed by atoms with Crippen LogP contribution in [-0.4, -0.2) is 42.9 Å². The number of hydrogen-bond donors (Lipinski definition) is 3. The molecule has 136 valence electrons. The summed E-state index contributed by atoms with van der Waals surface area (Å²) in [6.45, 7) is -0.483. The average Bonchev–Trinajstić information content (AvgIpc) is 2.59. The number of alkyl halides is 3. The number of aliphatic hydroxyl groups excluding tert-OH is 2. The monoisotopic (exact) mass is 376 g/mol. The summed E-state index contributed by atoms with van der Waals surface area (Å²) >= 11 is 0. The maximum absolute atomic E-state index is 12.6. The largest absolute Gasteiger partial charge is 0.418 e. The molecule has 2 rings (SSSR count). The molecule has 10 heteroatoms. The van der Waals surface area contributed by atoms with Crippen molar-refractivity contribution in [3.05, 3.63) is 48.3 Å². The van der Waals surface area contributed by atoms with Gasteiger partial charge < -0.3 is 10.2 Å². The summed E-state index contributed by atoms with van der Waals surface area (Å²) in [5.41, 5.74) is 0.323. The van der Waals surface area contributed by atoms with Gasteiger partial charge in [-0.2, -0.15) is 13.2 Å². The van der Waals surface area contributed by atoms with Crippen molar-refractivity contribution >= 4 is 10.0 Å². The minimum Gasteiger partial charge on any atom is -0.395 e. The number of pyridine rings is 1. The van der Waals surface area contributed by atoms with E-state index in [0.29, 0.717) is 11.1 Å². The third-order valence-electron chi connectivity index (χ3n) is 3.29. The zero-order chi connectivity index (χ0) is 18.7. The van der Waals surface area contributed by atoms with Gasteiger partial charge in [-0.3, -0.25) is 4.98 Å². The van der Waals surface area contributed by atoms with Gasteiger partial charge in [-0.25, -0.2) is 13.1 Å². The van der Waals surface area contributed by atoms with E-state index in [9.17, 15) is 26.7 Å². The SMILES string of the molecule is O=S(=O)(NCCO)c1ccc(-c2cncc(C(O)C(F)(F)F)c2)cc1. The highest BCUT2D eigenvalue weighted by atomic mass is 32.2. The number of nitrogens with one attached hydrogen (secondary N) is 1. The van der Waals surface area contributed by atoms with Gasteiger partial charge in [-0.1, -0.05) is 12.1 Å². The molecule has 1 heterocycles. The Labute approximate surface area is 142 Å². The van der Waals surface area contributed by atoms with E-state index in [0.717, 1.165) is 12.3 Å². The lowest BCUT2D eigenvalue weighted by Gasteiger charge is -2.15. The predicted octanol–water partition coefficient (Wildman–Crippen LogP) is 1.61. The molecule has 1 unspecified atom stereocenters. The van der Waals surface area contributed by atoms with E-state index in [4.69, 9.17) is 5.11 Å². The van der Waals surface area contributed by atoms with E-state index < -0.39 is 27.9 Å². The van der Waals surface area contributed by atoms with Crippen molar-refractivity contribution in [2.75, 3.05) is 13.2 Å². The summed E-state index contributed by atoms with van der Waals surface area (Å²) in [4.78, 5) is 3.64. The topological polar surface area (TPSA) is 99.5 Å². The highest BCUT2D eigenvalue weighted by molar-refractivity contribution is 7.89. The molecule has 0 fully saturated rings. The smallest absolute Gasteiger partial charge is 0.395 e. The molecular formula is C15H15F3N2O4S. The van der Waals surface area contributed by atoms with Crippen molar-refractivity contribution in [1.29, 1.82) is 0 Å². The van der Waals surface area contributed by atoms with Crippen LogP contribution in [0, 0.1) is 0 Å². The zero-order valence-corrected chi connectivity index (χ0v) is 13.5. The maximum atomic E-state index is 12.6. The first-order valence-electron chi connectivity index (χ1n) is 7.06. The molecule has 0 aliphatic rings. The molecule has 0 aliphatic carbocycles. The molecule has 0 saturated carbocycles. The Balaban J connectivity index is 2.29. The number of nitrogens with zero attached hydrogens (tertiary/aromatic N) is 1. The van der Waals surface area contributed by atoms with Crippen LogP contribution in [-0.2, 0) is 10.0 Å². The molecule has 0 aliphatic heterocycles. The molecule has 1 atom stereocenters. The van der Waals surface area contributed by atoms with Gasteiger partial charge in [0.1, 0.15) is 0 Å². The summed E-state index contributed by atoms with van der Waals surface area (Å²) in [7, 11) is -3.78. The molecule has 3 N–H and O–H groups in total. The average molecular weight is 376 g/mol. The second kappa shape index (κ2) is 7.48. The van der Waals surface area contributed by atoms with Crippen LogP contribution < -0.4 is 4.72 Å². The zero-order valence-electron chi connectivity index (χ0n) is 12.7. The van der Waals surface area contributed by atoms with Crippen molar-refractivity contribution in [2.24, 2.45) is 0 Å². The Morgan fingerprint density at radius 3 is 2.32 bits per heavy atom. The molecule has 1 aromatic heterocycles. The van der Waals surface area contributed by atoms with E-state index in [-0.39, 0.29) is 18.0 Å². The summed E-state index contributed by atoms with van der Waals surface area (Å²) in [5, 5.41) is 18.0. The Kier molecular flexibility index (Phi) is 5.78. The minimum absolute atomic E-state index is 0.0517. The Morgan fingerprint density at radius 2 is 1.76 bits per heavy atom. The number of aromatic nitrogens is 1. The highest BCUT2D eigenvalue weighted by Gasteiger charge is 2.39. The number of hydrogen-bond acceptors (Lipinski definition) is 5.